The smallest absolute Gasteiger partial charge is 0.252 e. The number of fused-ring (bicyclic) bond motifs is 1. The van der Waals surface area contributed by atoms with Gasteiger partial charge in [-0.05, 0) is 42.7 Å². The van der Waals surface area contributed by atoms with Crippen molar-refractivity contribution in [3.05, 3.63) is 96.3 Å². The first-order valence-electron chi connectivity index (χ1n) is 10.1. The number of carbonyl (C=O) groups excluding carboxylic acids is 1. The quantitative estimate of drug-likeness (QED) is 0.200. The summed E-state index contributed by atoms with van der Waals surface area (Å²) in [4.78, 5) is 21.8. The molecular formula is C25H22N4O2. The van der Waals surface area contributed by atoms with Gasteiger partial charge in [0.05, 0.1) is 22.5 Å². The van der Waals surface area contributed by atoms with Crippen LogP contribution in [0.4, 0.5) is 0 Å². The number of oxime groups is 1. The zero-order valence-corrected chi connectivity index (χ0v) is 16.9. The average Bonchev–Trinajstić information content (AvgIpc) is 2.84. The fraction of sp³-hybridized carbons (Fsp3) is 0.120. The van der Waals surface area contributed by atoms with Crippen molar-refractivity contribution in [2.45, 2.75) is 12.8 Å². The lowest BCUT2D eigenvalue weighted by Gasteiger charge is -2.11. The Hall–Kier alpha value is -4.06. The molecule has 2 heterocycles. The van der Waals surface area contributed by atoms with E-state index in [0.29, 0.717) is 36.4 Å². The Morgan fingerprint density at radius 2 is 1.81 bits per heavy atom. The molecule has 6 heteroatoms. The van der Waals surface area contributed by atoms with Gasteiger partial charge in [-0.2, -0.15) is 0 Å². The molecule has 0 fully saturated rings. The summed E-state index contributed by atoms with van der Waals surface area (Å²) >= 11 is 0. The highest BCUT2D eigenvalue weighted by atomic mass is 16.4. The summed E-state index contributed by atoms with van der Waals surface area (Å²) in [7, 11) is 0. The molecule has 31 heavy (non-hydrogen) atoms. The number of aromatic nitrogens is 2. The van der Waals surface area contributed by atoms with Gasteiger partial charge in [-0.15, -0.1) is 0 Å². The molecule has 0 atom stereocenters. The third-order valence-corrected chi connectivity index (χ3v) is 5.02. The summed E-state index contributed by atoms with van der Waals surface area (Å²) in [5.74, 6) is -0.161. The molecule has 0 unspecified atom stereocenters. The third kappa shape index (κ3) is 4.75. The molecule has 4 aromatic rings. The molecule has 0 saturated heterocycles. The predicted molar refractivity (Wildman–Crippen MR) is 121 cm³/mol. The summed E-state index contributed by atoms with van der Waals surface area (Å²) < 4.78 is 0. The minimum absolute atomic E-state index is 0.161. The van der Waals surface area contributed by atoms with E-state index in [9.17, 15) is 10.0 Å². The number of nitrogens with one attached hydrogen (secondary N) is 1. The molecule has 154 valence electrons. The van der Waals surface area contributed by atoms with Crippen molar-refractivity contribution in [3.63, 3.8) is 0 Å². The summed E-state index contributed by atoms with van der Waals surface area (Å²) in [6.07, 6.45) is 4.65. The van der Waals surface area contributed by atoms with Crippen molar-refractivity contribution >= 4 is 22.5 Å². The molecule has 4 rings (SSSR count). The molecule has 0 aliphatic rings. The van der Waals surface area contributed by atoms with Gasteiger partial charge in [0.1, 0.15) is 0 Å². The zero-order chi connectivity index (χ0) is 21.5. The highest BCUT2D eigenvalue weighted by Gasteiger charge is 2.14. The molecule has 0 radical (unpaired) electrons. The van der Waals surface area contributed by atoms with E-state index < -0.39 is 0 Å². The Morgan fingerprint density at radius 3 is 2.58 bits per heavy atom. The number of benzene rings is 2. The highest BCUT2D eigenvalue weighted by Crippen LogP contribution is 2.24. The standard InChI is InChI=1S/C25H22N4O2/c30-25(27-15-7-13-22(29-31)18-8-2-1-3-9-18)21-16-24(19-10-6-14-26-17-19)28-23-12-5-4-11-20(21)23/h1-6,8-12,14,16-17,31H,7,13,15H2,(H,27,30)/b29-22-. The molecule has 0 bridgehead atoms. The Labute approximate surface area is 180 Å². The zero-order valence-electron chi connectivity index (χ0n) is 16.9. The van der Waals surface area contributed by atoms with Crippen molar-refractivity contribution in [2.24, 2.45) is 5.16 Å². The van der Waals surface area contributed by atoms with Gasteiger partial charge in [0.25, 0.3) is 5.91 Å². The number of hydrogen-bond donors (Lipinski definition) is 2. The van der Waals surface area contributed by atoms with E-state index in [2.05, 4.69) is 20.4 Å². The lowest BCUT2D eigenvalue weighted by atomic mass is 10.0. The number of amides is 1. The fourth-order valence-electron chi connectivity index (χ4n) is 3.46. The first-order chi connectivity index (χ1) is 15.3. The van der Waals surface area contributed by atoms with Gasteiger partial charge in [0.15, 0.2) is 0 Å². The van der Waals surface area contributed by atoms with Crippen LogP contribution in [0, 0.1) is 0 Å². The van der Waals surface area contributed by atoms with Crippen LogP contribution >= 0.6 is 0 Å². The molecule has 0 spiro atoms. The van der Waals surface area contributed by atoms with E-state index >= 15 is 0 Å². The Bertz CT molecular complexity index is 1210. The minimum atomic E-state index is -0.161. The summed E-state index contributed by atoms with van der Waals surface area (Å²) in [6, 6.07) is 22.7. The van der Waals surface area contributed by atoms with Crippen molar-refractivity contribution in [3.8, 4) is 11.3 Å². The lowest BCUT2D eigenvalue weighted by molar-refractivity contribution is 0.0955. The topological polar surface area (TPSA) is 87.5 Å². The van der Waals surface area contributed by atoms with Crippen LogP contribution in [0.2, 0.25) is 0 Å². The molecule has 0 aliphatic heterocycles. The second-order valence-corrected chi connectivity index (χ2v) is 7.09. The number of hydrogen-bond acceptors (Lipinski definition) is 5. The SMILES string of the molecule is O=C(NCCC/C(=N/O)c1ccccc1)c1cc(-c2cccnc2)nc2ccccc12. The fourth-order valence-corrected chi connectivity index (χ4v) is 3.46. The van der Waals surface area contributed by atoms with Gasteiger partial charge in [-0.3, -0.25) is 9.78 Å². The number of para-hydroxylation sites is 1. The molecule has 0 saturated carbocycles. The molecular weight excluding hydrogens is 388 g/mol. The Balaban J connectivity index is 1.49. The van der Waals surface area contributed by atoms with Gasteiger partial charge in [0, 0.05) is 29.9 Å². The van der Waals surface area contributed by atoms with E-state index in [1.165, 1.54) is 0 Å². The molecule has 2 aromatic carbocycles. The first-order valence-corrected chi connectivity index (χ1v) is 10.1. The van der Waals surface area contributed by atoms with Crippen LogP contribution in [0.15, 0.2) is 90.3 Å². The number of pyridine rings is 2. The summed E-state index contributed by atoms with van der Waals surface area (Å²) in [5, 5.41) is 16.5. The molecule has 2 aromatic heterocycles. The first kappa shape index (κ1) is 20.2. The second-order valence-electron chi connectivity index (χ2n) is 7.09. The van der Waals surface area contributed by atoms with Crippen LogP contribution in [0.25, 0.3) is 22.2 Å². The number of rotatable bonds is 7. The minimum Gasteiger partial charge on any atom is -0.411 e. The Kier molecular flexibility index (Phi) is 6.28. The van der Waals surface area contributed by atoms with Crippen LogP contribution in [0.3, 0.4) is 0 Å². The van der Waals surface area contributed by atoms with E-state index in [4.69, 9.17) is 0 Å². The predicted octanol–water partition coefficient (Wildman–Crippen LogP) is 4.69. The van der Waals surface area contributed by atoms with Gasteiger partial charge >= 0.3 is 0 Å². The molecule has 6 nitrogen and oxygen atoms in total. The summed E-state index contributed by atoms with van der Waals surface area (Å²) in [5.41, 5.74) is 4.36. The maximum Gasteiger partial charge on any atom is 0.252 e. The van der Waals surface area contributed by atoms with E-state index in [-0.39, 0.29) is 5.91 Å². The van der Waals surface area contributed by atoms with Gasteiger partial charge < -0.3 is 10.5 Å². The maximum atomic E-state index is 13.0. The van der Waals surface area contributed by atoms with Crippen molar-refractivity contribution in [1.29, 1.82) is 0 Å². The largest absolute Gasteiger partial charge is 0.411 e. The summed E-state index contributed by atoms with van der Waals surface area (Å²) in [6.45, 7) is 0.462. The second kappa shape index (κ2) is 9.63. The number of carbonyl (C=O) groups is 1. The number of nitrogens with zero attached hydrogens (tertiary/aromatic N) is 3. The highest BCUT2D eigenvalue weighted by molar-refractivity contribution is 6.07. The molecule has 2 N–H and O–H groups in total. The van der Waals surface area contributed by atoms with E-state index in [1.54, 1.807) is 18.5 Å². The Morgan fingerprint density at radius 1 is 1.00 bits per heavy atom. The average molecular weight is 410 g/mol. The van der Waals surface area contributed by atoms with Crippen LogP contribution in [-0.2, 0) is 0 Å². The van der Waals surface area contributed by atoms with Crippen LogP contribution in [-0.4, -0.2) is 33.3 Å². The van der Waals surface area contributed by atoms with Crippen molar-refractivity contribution in [1.82, 2.24) is 15.3 Å². The van der Waals surface area contributed by atoms with Crippen molar-refractivity contribution < 1.29 is 10.0 Å². The normalized spacial score (nSPS) is 11.4. The monoisotopic (exact) mass is 410 g/mol. The third-order valence-electron chi connectivity index (χ3n) is 5.02. The molecule has 1 amide bonds. The maximum absolute atomic E-state index is 13.0. The van der Waals surface area contributed by atoms with Gasteiger partial charge in [-0.1, -0.05) is 53.7 Å². The molecule has 0 aliphatic carbocycles. The van der Waals surface area contributed by atoms with Crippen LogP contribution in [0.1, 0.15) is 28.8 Å². The van der Waals surface area contributed by atoms with Gasteiger partial charge in [-0.25, -0.2) is 4.98 Å². The van der Waals surface area contributed by atoms with Crippen molar-refractivity contribution in [2.75, 3.05) is 6.54 Å². The van der Waals surface area contributed by atoms with Gasteiger partial charge in [0.2, 0.25) is 0 Å². The van der Waals surface area contributed by atoms with Crippen LogP contribution in [0.5, 0.6) is 0 Å². The van der Waals surface area contributed by atoms with E-state index in [0.717, 1.165) is 22.0 Å². The van der Waals surface area contributed by atoms with E-state index in [1.807, 2.05) is 66.7 Å². The lowest BCUT2D eigenvalue weighted by Crippen LogP contribution is -2.25. The van der Waals surface area contributed by atoms with Crippen LogP contribution < -0.4 is 5.32 Å².